The topological polar surface area (TPSA) is 30.0 Å². The summed E-state index contributed by atoms with van der Waals surface area (Å²) in [5.74, 6) is 3.59. The van der Waals surface area contributed by atoms with Crippen molar-refractivity contribution in [2.45, 2.75) is 128 Å². The molecular formula is C38H81Fe2N3O. The monoisotopic (exact) mass is 708 g/mol. The van der Waals surface area contributed by atoms with E-state index in [0.717, 1.165) is 30.1 Å². The number of hydrogen-bond donors (Lipinski definition) is 1. The van der Waals surface area contributed by atoms with Gasteiger partial charge in [0.25, 0.3) is 0 Å². The molecule has 270 valence electrons. The maximum absolute atomic E-state index is 9.04. The van der Waals surface area contributed by atoms with Gasteiger partial charge < -0.3 is 49.5 Å². The van der Waals surface area contributed by atoms with E-state index >= 15 is 0 Å². The summed E-state index contributed by atoms with van der Waals surface area (Å²) < 4.78 is 0. The fraction of sp³-hybridized carbons (Fsp3) is 0.895. The Bertz CT molecular complexity index is 489. The zero-order valence-corrected chi connectivity index (χ0v) is 33.4. The van der Waals surface area contributed by atoms with E-state index in [1.807, 2.05) is 0 Å². The molecule has 4 unspecified atom stereocenters. The third kappa shape index (κ3) is 25.9. The van der Waals surface area contributed by atoms with Crippen LogP contribution in [0.5, 0.6) is 0 Å². The standard InChI is InChI=1S/C24H49N3O.2C5H10.4CH3.2Fe/c1-25(2)17-21-11-9-13-23(21)19-27(15-7-5-6-8-16-28)20-24-14-10-12-22(24)18-26(3)4;2*1-2-4-5-3-1;;;;;;/h21-24,28H,5-20H2,1-4H3;2*1-5H2;4*1H3;;/q;;;4*-1;2*+2. The van der Waals surface area contributed by atoms with E-state index in [1.54, 1.807) is 0 Å². The molecule has 4 saturated carbocycles. The molecule has 6 heteroatoms. The van der Waals surface area contributed by atoms with Gasteiger partial charge in [-0.3, -0.25) is 0 Å². The number of hydrogen-bond acceptors (Lipinski definition) is 4. The fourth-order valence-electron chi connectivity index (χ4n) is 7.62. The van der Waals surface area contributed by atoms with E-state index in [2.05, 4.69) is 42.9 Å². The Hall–Kier alpha value is 0.879. The first-order valence-electron chi connectivity index (χ1n) is 17.1. The van der Waals surface area contributed by atoms with E-state index in [0.29, 0.717) is 6.61 Å². The summed E-state index contributed by atoms with van der Waals surface area (Å²) >= 11 is 0. The molecule has 0 aliphatic heterocycles. The number of aliphatic hydroxyl groups is 1. The van der Waals surface area contributed by atoms with Crippen LogP contribution in [0.15, 0.2) is 0 Å². The van der Waals surface area contributed by atoms with Crippen molar-refractivity contribution in [2.75, 3.05) is 67.5 Å². The molecule has 44 heavy (non-hydrogen) atoms. The molecule has 1 N–H and O–H groups in total. The predicted molar refractivity (Wildman–Crippen MR) is 193 cm³/mol. The second kappa shape index (κ2) is 35.2. The van der Waals surface area contributed by atoms with Crippen molar-refractivity contribution in [3.8, 4) is 0 Å². The molecule has 0 radical (unpaired) electrons. The van der Waals surface area contributed by atoms with Crippen molar-refractivity contribution in [1.82, 2.24) is 14.7 Å². The van der Waals surface area contributed by atoms with E-state index < -0.39 is 0 Å². The van der Waals surface area contributed by atoms with Crippen LogP contribution < -0.4 is 0 Å². The van der Waals surface area contributed by atoms with Gasteiger partial charge in [-0.1, -0.05) is 89.9 Å². The van der Waals surface area contributed by atoms with Crippen molar-refractivity contribution >= 4 is 0 Å². The first kappa shape index (κ1) is 54.3. The fourth-order valence-corrected chi connectivity index (χ4v) is 7.62. The van der Waals surface area contributed by atoms with Crippen LogP contribution in [0.3, 0.4) is 0 Å². The number of aliphatic hydroxyl groups excluding tert-OH is 1. The SMILES string of the molecule is C1CCCC1.C1CCCC1.CN(C)CC1CCCC1CN(CCCCCCO)CC1CCCC1CN(C)C.[CH3-].[CH3-].[CH3-].[CH3-].[Fe+2].[Fe+2]. The summed E-state index contributed by atoms with van der Waals surface area (Å²) in [5, 5.41) is 9.04. The van der Waals surface area contributed by atoms with Gasteiger partial charge in [-0.2, -0.15) is 0 Å². The summed E-state index contributed by atoms with van der Waals surface area (Å²) in [5.41, 5.74) is 0. The van der Waals surface area contributed by atoms with Crippen LogP contribution in [0.25, 0.3) is 0 Å². The van der Waals surface area contributed by atoms with Crippen LogP contribution in [0.4, 0.5) is 0 Å². The number of unbranched alkanes of at least 4 members (excludes halogenated alkanes) is 3. The molecule has 0 aromatic heterocycles. The Labute approximate surface area is 302 Å². The normalized spacial score (nSPS) is 23.5. The number of nitrogens with zero attached hydrogens (tertiary/aromatic N) is 3. The van der Waals surface area contributed by atoms with Gasteiger partial charge >= 0.3 is 34.1 Å². The van der Waals surface area contributed by atoms with Crippen molar-refractivity contribution in [1.29, 1.82) is 0 Å². The first-order valence-corrected chi connectivity index (χ1v) is 17.1. The molecule has 4 atom stereocenters. The molecule has 0 amide bonds. The largest absolute Gasteiger partial charge is 2.00 e. The second-order valence-electron chi connectivity index (χ2n) is 13.9. The van der Waals surface area contributed by atoms with E-state index in [-0.39, 0.29) is 63.8 Å². The average molecular weight is 708 g/mol. The van der Waals surface area contributed by atoms with Gasteiger partial charge in [0.15, 0.2) is 0 Å². The van der Waals surface area contributed by atoms with Crippen LogP contribution >= 0.6 is 0 Å². The number of rotatable bonds is 14. The molecule has 0 spiro atoms. The smallest absolute Gasteiger partial charge is 0.396 e. The Morgan fingerprint density at radius 3 is 1.02 bits per heavy atom. The summed E-state index contributed by atoms with van der Waals surface area (Å²) in [6.45, 7) is 6.80. The van der Waals surface area contributed by atoms with Crippen LogP contribution in [0, 0.1) is 53.4 Å². The van der Waals surface area contributed by atoms with Crippen molar-refractivity contribution in [3.63, 3.8) is 0 Å². The second-order valence-corrected chi connectivity index (χ2v) is 13.9. The predicted octanol–water partition coefficient (Wildman–Crippen LogP) is 9.49. The van der Waals surface area contributed by atoms with E-state index in [1.165, 1.54) is 155 Å². The Balaban J connectivity index is -0.000000269. The molecular weight excluding hydrogens is 626 g/mol. The van der Waals surface area contributed by atoms with Crippen molar-refractivity contribution in [2.24, 2.45) is 23.7 Å². The van der Waals surface area contributed by atoms with Crippen LogP contribution in [0.2, 0.25) is 0 Å². The van der Waals surface area contributed by atoms with E-state index in [9.17, 15) is 0 Å². The van der Waals surface area contributed by atoms with Crippen LogP contribution in [-0.4, -0.2) is 87.3 Å². The van der Waals surface area contributed by atoms with Crippen molar-refractivity contribution < 1.29 is 39.2 Å². The minimum absolute atomic E-state index is 0. The van der Waals surface area contributed by atoms with Gasteiger partial charge in [-0.25, -0.2) is 0 Å². The van der Waals surface area contributed by atoms with Gasteiger partial charge in [0.1, 0.15) is 0 Å². The maximum atomic E-state index is 9.04. The molecule has 4 rings (SSSR count). The van der Waals surface area contributed by atoms with Gasteiger partial charge in [0.05, 0.1) is 0 Å². The molecule has 0 heterocycles. The summed E-state index contributed by atoms with van der Waals surface area (Å²) in [7, 11) is 8.94. The third-order valence-corrected chi connectivity index (χ3v) is 9.70. The Morgan fingerprint density at radius 2 is 0.727 bits per heavy atom. The Kier molecular flexibility index (Phi) is 43.5. The summed E-state index contributed by atoms with van der Waals surface area (Å²) in [6, 6.07) is 0. The third-order valence-electron chi connectivity index (χ3n) is 9.70. The molecule has 4 fully saturated rings. The van der Waals surface area contributed by atoms with Gasteiger partial charge in [-0.15, -0.1) is 0 Å². The zero-order chi connectivity index (χ0) is 27.4. The van der Waals surface area contributed by atoms with Crippen LogP contribution in [-0.2, 0) is 34.1 Å². The first-order chi connectivity index (χ1) is 18.5. The zero-order valence-electron chi connectivity index (χ0n) is 31.2. The molecule has 0 saturated heterocycles. The summed E-state index contributed by atoms with van der Waals surface area (Å²) in [4.78, 5) is 7.65. The Morgan fingerprint density at radius 1 is 0.432 bits per heavy atom. The molecule has 4 aliphatic carbocycles. The average Bonchev–Trinajstić information content (AvgIpc) is 3.69. The molecule has 0 aromatic carbocycles. The summed E-state index contributed by atoms with van der Waals surface area (Å²) in [6.07, 6.45) is 28.3. The minimum Gasteiger partial charge on any atom is -0.396 e. The van der Waals surface area contributed by atoms with Gasteiger partial charge in [0, 0.05) is 32.8 Å². The van der Waals surface area contributed by atoms with Crippen LogP contribution in [0.1, 0.15) is 128 Å². The minimum atomic E-state index is 0. The van der Waals surface area contributed by atoms with Gasteiger partial charge in [-0.05, 0) is 96.9 Å². The molecule has 4 nitrogen and oxygen atoms in total. The molecule has 4 aliphatic rings. The van der Waals surface area contributed by atoms with Crippen molar-refractivity contribution in [3.05, 3.63) is 29.7 Å². The molecule has 0 bridgehead atoms. The van der Waals surface area contributed by atoms with E-state index in [4.69, 9.17) is 5.11 Å². The maximum Gasteiger partial charge on any atom is 2.00 e. The van der Waals surface area contributed by atoms with Gasteiger partial charge in [0.2, 0.25) is 0 Å². The quantitative estimate of drug-likeness (QED) is 0.111. The molecule has 0 aromatic rings.